The van der Waals surface area contributed by atoms with E-state index in [2.05, 4.69) is 27.2 Å². The number of esters is 1. The van der Waals surface area contributed by atoms with E-state index < -0.39 is 0 Å². The second-order valence-electron chi connectivity index (χ2n) is 6.79. The third kappa shape index (κ3) is 4.64. The molecule has 1 saturated heterocycles. The maximum absolute atomic E-state index is 12.3. The van der Waals surface area contributed by atoms with Crippen molar-refractivity contribution in [2.24, 2.45) is 0 Å². The molecule has 2 heterocycles. The number of piperazine rings is 1. The highest BCUT2D eigenvalue weighted by molar-refractivity contribution is 7.80. The highest BCUT2D eigenvalue weighted by atomic mass is 32.1. The van der Waals surface area contributed by atoms with Gasteiger partial charge in [0.05, 0.1) is 19.8 Å². The Morgan fingerprint density at radius 1 is 1.24 bits per heavy atom. The number of hydrogen-bond acceptors (Lipinski definition) is 6. The van der Waals surface area contributed by atoms with Crippen molar-refractivity contribution in [1.29, 1.82) is 0 Å². The number of methoxy groups -OCH3 is 2. The predicted octanol–water partition coefficient (Wildman–Crippen LogP) is 3.93. The Hall–Kier alpha value is -2.32. The zero-order valence-corrected chi connectivity index (χ0v) is 18.9. The number of aryl methyl sites for hydroxylation is 1. The van der Waals surface area contributed by atoms with Crippen LogP contribution in [0, 0.1) is 6.92 Å². The minimum absolute atomic E-state index is 0.320. The molecule has 0 saturated carbocycles. The van der Waals surface area contributed by atoms with E-state index in [1.807, 2.05) is 26.0 Å². The number of carbonyl (C=O) groups is 1. The number of thiophene rings is 1. The Morgan fingerprint density at radius 2 is 1.97 bits per heavy atom. The van der Waals surface area contributed by atoms with Crippen LogP contribution in [0.15, 0.2) is 24.3 Å². The number of rotatable bonds is 5. The van der Waals surface area contributed by atoms with Gasteiger partial charge in [-0.15, -0.1) is 11.3 Å². The smallest absolute Gasteiger partial charge is 0.341 e. The van der Waals surface area contributed by atoms with Crippen molar-refractivity contribution >= 4 is 45.3 Å². The van der Waals surface area contributed by atoms with Crippen LogP contribution in [0.5, 0.6) is 5.75 Å². The summed E-state index contributed by atoms with van der Waals surface area (Å²) in [7, 11) is 3.09. The lowest BCUT2D eigenvalue weighted by molar-refractivity contribution is 0.0601. The van der Waals surface area contributed by atoms with E-state index in [4.69, 9.17) is 21.7 Å². The van der Waals surface area contributed by atoms with Gasteiger partial charge in [-0.2, -0.15) is 0 Å². The van der Waals surface area contributed by atoms with E-state index >= 15 is 0 Å². The molecule has 1 N–H and O–H groups in total. The molecule has 0 atom stereocenters. The van der Waals surface area contributed by atoms with E-state index in [0.717, 1.165) is 59.5 Å². The quantitative estimate of drug-likeness (QED) is 0.566. The minimum Gasteiger partial charge on any atom is -0.497 e. The summed E-state index contributed by atoms with van der Waals surface area (Å²) in [6, 6.07) is 8.10. The second-order valence-corrected chi connectivity index (χ2v) is 8.40. The third-order valence-corrected chi connectivity index (χ3v) is 6.58. The molecular weight excluding hydrogens is 406 g/mol. The van der Waals surface area contributed by atoms with Crippen LogP contribution in [-0.4, -0.2) is 56.4 Å². The number of ether oxygens (including phenoxy) is 2. The molecule has 1 fully saturated rings. The average Bonchev–Trinajstić information content (AvgIpc) is 3.07. The fourth-order valence-corrected chi connectivity index (χ4v) is 5.04. The zero-order chi connectivity index (χ0) is 21.0. The van der Waals surface area contributed by atoms with Crippen LogP contribution in [0.1, 0.15) is 27.7 Å². The van der Waals surface area contributed by atoms with Crippen LogP contribution in [0.4, 0.5) is 10.7 Å². The van der Waals surface area contributed by atoms with Crippen molar-refractivity contribution in [2.75, 3.05) is 50.6 Å². The van der Waals surface area contributed by atoms with Gasteiger partial charge in [-0.3, -0.25) is 0 Å². The number of anilines is 2. The first-order valence-corrected chi connectivity index (χ1v) is 10.9. The van der Waals surface area contributed by atoms with Crippen LogP contribution >= 0.6 is 23.6 Å². The summed E-state index contributed by atoms with van der Waals surface area (Å²) in [6.45, 7) is 7.41. The molecule has 1 aromatic heterocycles. The number of hydrogen-bond donors (Lipinski definition) is 1. The highest BCUT2D eigenvalue weighted by Crippen LogP contribution is 2.34. The zero-order valence-electron chi connectivity index (χ0n) is 17.3. The normalized spacial score (nSPS) is 13.9. The lowest BCUT2D eigenvalue weighted by Gasteiger charge is -2.37. The number of nitrogens with zero attached hydrogens (tertiary/aromatic N) is 2. The van der Waals surface area contributed by atoms with Crippen LogP contribution < -0.4 is 15.0 Å². The van der Waals surface area contributed by atoms with Gasteiger partial charge in [-0.1, -0.05) is 13.0 Å². The van der Waals surface area contributed by atoms with E-state index in [1.165, 1.54) is 7.11 Å². The lowest BCUT2D eigenvalue weighted by atomic mass is 10.1. The fraction of sp³-hybridized carbons (Fsp3) is 0.429. The van der Waals surface area contributed by atoms with Crippen molar-refractivity contribution < 1.29 is 14.3 Å². The van der Waals surface area contributed by atoms with Crippen LogP contribution in [0.3, 0.4) is 0 Å². The van der Waals surface area contributed by atoms with Gasteiger partial charge in [0.25, 0.3) is 0 Å². The molecule has 1 aromatic carbocycles. The number of nitrogens with one attached hydrogen (secondary N) is 1. The molecule has 0 unspecified atom stereocenters. The maximum atomic E-state index is 12.3. The largest absolute Gasteiger partial charge is 0.497 e. The highest BCUT2D eigenvalue weighted by Gasteiger charge is 2.25. The summed E-state index contributed by atoms with van der Waals surface area (Å²) in [5.74, 6) is 0.539. The summed E-state index contributed by atoms with van der Waals surface area (Å²) in [6.07, 6.45) is 0.778. The Bertz CT molecular complexity index is 889. The van der Waals surface area contributed by atoms with Crippen molar-refractivity contribution in [3.05, 3.63) is 40.3 Å². The lowest BCUT2D eigenvalue weighted by Crippen LogP contribution is -2.50. The molecule has 6 nitrogen and oxygen atoms in total. The first-order chi connectivity index (χ1) is 14.0. The molecule has 29 heavy (non-hydrogen) atoms. The first-order valence-electron chi connectivity index (χ1n) is 9.64. The number of carbonyl (C=O) groups excluding carboxylic acids is 1. The van der Waals surface area contributed by atoms with Gasteiger partial charge in [0.2, 0.25) is 0 Å². The van der Waals surface area contributed by atoms with Gasteiger partial charge in [0, 0.05) is 42.8 Å². The van der Waals surface area contributed by atoms with Crippen molar-refractivity contribution in [2.45, 2.75) is 20.3 Å². The van der Waals surface area contributed by atoms with Crippen LogP contribution in [-0.2, 0) is 11.2 Å². The van der Waals surface area contributed by atoms with Crippen LogP contribution in [0.2, 0.25) is 0 Å². The number of thiocarbonyl (C=S) groups is 1. The molecule has 2 aromatic rings. The minimum atomic E-state index is -0.320. The molecule has 156 valence electrons. The van der Waals surface area contributed by atoms with Gasteiger partial charge in [0.1, 0.15) is 10.8 Å². The molecule has 0 amide bonds. The van der Waals surface area contributed by atoms with Crippen LogP contribution in [0.25, 0.3) is 0 Å². The van der Waals surface area contributed by atoms with Gasteiger partial charge >= 0.3 is 5.97 Å². The number of benzene rings is 1. The fourth-order valence-electron chi connectivity index (χ4n) is 3.56. The summed E-state index contributed by atoms with van der Waals surface area (Å²) in [5, 5.41) is 4.71. The SMILES string of the molecule is CCc1c(C)sc(NC(=S)N2CCN(c3cccc(OC)c3)CC2)c1C(=O)OC. The molecule has 0 aliphatic carbocycles. The maximum Gasteiger partial charge on any atom is 0.341 e. The Kier molecular flexibility index (Phi) is 6.97. The molecule has 3 rings (SSSR count). The van der Waals surface area contributed by atoms with E-state index in [1.54, 1.807) is 18.4 Å². The molecule has 1 aliphatic heterocycles. The van der Waals surface area contributed by atoms with Gasteiger partial charge in [0.15, 0.2) is 5.11 Å². The third-order valence-electron chi connectivity index (χ3n) is 5.16. The van der Waals surface area contributed by atoms with E-state index in [-0.39, 0.29) is 5.97 Å². The van der Waals surface area contributed by atoms with E-state index in [0.29, 0.717) is 10.7 Å². The van der Waals surface area contributed by atoms with Crippen molar-refractivity contribution in [3.63, 3.8) is 0 Å². The summed E-state index contributed by atoms with van der Waals surface area (Å²) in [5.41, 5.74) is 2.78. The molecule has 0 radical (unpaired) electrons. The second kappa shape index (κ2) is 9.45. The van der Waals surface area contributed by atoms with Gasteiger partial charge < -0.3 is 24.6 Å². The van der Waals surface area contributed by atoms with Gasteiger partial charge in [-0.25, -0.2) is 4.79 Å². The Balaban J connectivity index is 1.67. The molecule has 0 bridgehead atoms. The Labute approximate surface area is 181 Å². The topological polar surface area (TPSA) is 54.0 Å². The molecule has 8 heteroatoms. The summed E-state index contributed by atoms with van der Waals surface area (Å²) < 4.78 is 10.3. The monoisotopic (exact) mass is 433 g/mol. The predicted molar refractivity (Wildman–Crippen MR) is 123 cm³/mol. The van der Waals surface area contributed by atoms with Crippen molar-refractivity contribution in [3.8, 4) is 5.75 Å². The van der Waals surface area contributed by atoms with Gasteiger partial charge in [-0.05, 0) is 43.3 Å². The standard InChI is InChI=1S/C21H27N3O3S2/c1-5-17-14(2)29-19(18(17)20(25)27-4)22-21(28)24-11-9-23(10-12-24)15-7-6-8-16(13-15)26-3/h6-8,13H,5,9-12H2,1-4H3,(H,22,28). The summed E-state index contributed by atoms with van der Waals surface area (Å²) >= 11 is 7.21. The van der Waals surface area contributed by atoms with Crippen molar-refractivity contribution in [1.82, 2.24) is 4.90 Å². The molecular formula is C21H27N3O3S2. The molecule has 0 spiro atoms. The Morgan fingerprint density at radius 3 is 2.59 bits per heavy atom. The first kappa shape index (κ1) is 21.4. The van der Waals surface area contributed by atoms with E-state index in [9.17, 15) is 4.79 Å². The average molecular weight is 434 g/mol. The summed E-state index contributed by atoms with van der Waals surface area (Å²) in [4.78, 5) is 17.9. The molecule has 1 aliphatic rings.